The van der Waals surface area contributed by atoms with Crippen molar-refractivity contribution in [3.63, 3.8) is 0 Å². The topological polar surface area (TPSA) is 62.2 Å². The monoisotopic (exact) mass is 228 g/mol. The van der Waals surface area contributed by atoms with Crippen molar-refractivity contribution in [2.24, 2.45) is 0 Å². The zero-order valence-corrected chi connectivity index (χ0v) is 9.80. The van der Waals surface area contributed by atoms with Gasteiger partial charge in [0.05, 0.1) is 11.3 Å². The van der Waals surface area contributed by atoms with Crippen molar-refractivity contribution in [3.05, 3.63) is 16.6 Å². The second-order valence-corrected chi connectivity index (χ2v) is 4.03. The summed E-state index contributed by atoms with van der Waals surface area (Å²) in [6, 6.07) is 0.0433. The number of hydrogen-bond acceptors (Lipinski definition) is 4. The van der Waals surface area contributed by atoms with E-state index in [1.165, 1.54) is 11.5 Å². The van der Waals surface area contributed by atoms with Crippen molar-refractivity contribution in [2.75, 3.05) is 6.61 Å². The number of rotatable bonds is 5. The van der Waals surface area contributed by atoms with Gasteiger partial charge in [0.2, 0.25) is 0 Å². The summed E-state index contributed by atoms with van der Waals surface area (Å²) in [6.45, 7) is 3.90. The second kappa shape index (κ2) is 5.82. The lowest BCUT2D eigenvalue weighted by atomic mass is 10.1. The van der Waals surface area contributed by atoms with Crippen molar-refractivity contribution in [1.82, 2.24) is 9.69 Å². The van der Waals surface area contributed by atoms with Gasteiger partial charge in [-0.25, -0.2) is 0 Å². The van der Waals surface area contributed by atoms with Gasteiger partial charge in [0.15, 0.2) is 0 Å². The fourth-order valence-electron chi connectivity index (χ4n) is 1.31. The summed E-state index contributed by atoms with van der Waals surface area (Å²) in [6.07, 6.45) is 1.42. The average molecular weight is 228 g/mol. The van der Waals surface area contributed by atoms with Gasteiger partial charge in [0.1, 0.15) is 0 Å². The molecule has 2 N–H and O–H groups in total. The minimum Gasteiger partial charge on any atom is -0.396 e. The highest BCUT2D eigenvalue weighted by molar-refractivity contribution is 7.03. The molecule has 0 saturated heterocycles. The molecule has 15 heavy (non-hydrogen) atoms. The molecule has 1 aromatic heterocycles. The van der Waals surface area contributed by atoms with E-state index in [1.807, 2.05) is 13.8 Å². The summed E-state index contributed by atoms with van der Waals surface area (Å²) >= 11 is 1.28. The first-order chi connectivity index (χ1) is 7.19. The van der Waals surface area contributed by atoms with E-state index in [4.69, 9.17) is 5.11 Å². The highest BCUT2D eigenvalue weighted by Gasteiger charge is 2.14. The molecule has 0 fully saturated rings. The maximum Gasteiger partial charge on any atom is 0.254 e. The van der Waals surface area contributed by atoms with Crippen LogP contribution in [-0.4, -0.2) is 28.0 Å². The molecule has 0 aliphatic heterocycles. The van der Waals surface area contributed by atoms with E-state index in [9.17, 15) is 4.79 Å². The molecule has 0 aliphatic carbocycles. The Morgan fingerprint density at radius 2 is 2.47 bits per heavy atom. The van der Waals surface area contributed by atoms with Crippen molar-refractivity contribution in [3.8, 4) is 0 Å². The Balaban J connectivity index is 2.58. The molecule has 84 valence electrons. The molecule has 0 radical (unpaired) electrons. The molecule has 0 aromatic carbocycles. The first kappa shape index (κ1) is 12.1. The van der Waals surface area contributed by atoms with Crippen LogP contribution < -0.4 is 5.32 Å². The maximum atomic E-state index is 11.7. The molecule has 0 aliphatic rings. The van der Waals surface area contributed by atoms with Gasteiger partial charge in [-0.15, -0.1) is 0 Å². The van der Waals surface area contributed by atoms with Crippen LogP contribution in [0, 0.1) is 6.92 Å². The van der Waals surface area contributed by atoms with Crippen molar-refractivity contribution in [1.29, 1.82) is 0 Å². The minimum absolute atomic E-state index is 0.0433. The van der Waals surface area contributed by atoms with Crippen LogP contribution in [0.2, 0.25) is 0 Å². The van der Waals surface area contributed by atoms with Gasteiger partial charge in [-0.2, -0.15) is 4.37 Å². The van der Waals surface area contributed by atoms with Gasteiger partial charge < -0.3 is 10.4 Å². The lowest BCUT2D eigenvalue weighted by molar-refractivity contribution is 0.0929. The van der Waals surface area contributed by atoms with E-state index in [0.717, 1.165) is 12.1 Å². The SMILES string of the molecule is CCC(CCO)NC(=O)c1csnc1C. The van der Waals surface area contributed by atoms with Crippen LogP contribution >= 0.6 is 11.5 Å². The Labute approximate surface area is 93.5 Å². The Morgan fingerprint density at radius 3 is 2.93 bits per heavy atom. The normalized spacial score (nSPS) is 12.5. The fourth-order valence-corrected chi connectivity index (χ4v) is 2.00. The lowest BCUT2D eigenvalue weighted by Crippen LogP contribution is -2.35. The van der Waals surface area contributed by atoms with E-state index < -0.39 is 0 Å². The number of carbonyl (C=O) groups excluding carboxylic acids is 1. The molecule has 1 rings (SSSR count). The predicted molar refractivity (Wildman–Crippen MR) is 60.1 cm³/mol. The van der Waals surface area contributed by atoms with E-state index in [-0.39, 0.29) is 18.6 Å². The largest absolute Gasteiger partial charge is 0.396 e. The molecule has 1 amide bonds. The molecule has 1 unspecified atom stereocenters. The maximum absolute atomic E-state index is 11.7. The van der Waals surface area contributed by atoms with Crippen molar-refractivity contribution >= 4 is 17.4 Å². The summed E-state index contributed by atoms with van der Waals surface area (Å²) in [5.41, 5.74) is 1.40. The average Bonchev–Trinajstić information content (AvgIpc) is 2.63. The molecule has 0 spiro atoms. The van der Waals surface area contributed by atoms with Crippen LogP contribution in [0.3, 0.4) is 0 Å². The third-order valence-corrected chi connectivity index (χ3v) is 3.02. The fraction of sp³-hybridized carbons (Fsp3) is 0.600. The molecule has 0 saturated carbocycles. The van der Waals surface area contributed by atoms with Gasteiger partial charge in [-0.3, -0.25) is 4.79 Å². The van der Waals surface area contributed by atoms with Crippen molar-refractivity contribution < 1.29 is 9.90 Å². The van der Waals surface area contributed by atoms with Gasteiger partial charge in [0.25, 0.3) is 5.91 Å². The number of hydrogen-bond donors (Lipinski definition) is 2. The Bertz CT molecular complexity index is 325. The molecule has 4 nitrogen and oxygen atoms in total. The lowest BCUT2D eigenvalue weighted by Gasteiger charge is -2.15. The van der Waals surface area contributed by atoms with E-state index >= 15 is 0 Å². The quantitative estimate of drug-likeness (QED) is 0.799. The smallest absolute Gasteiger partial charge is 0.254 e. The van der Waals surface area contributed by atoms with Crippen LogP contribution in [0.1, 0.15) is 35.8 Å². The van der Waals surface area contributed by atoms with Crippen LogP contribution in [0.4, 0.5) is 0 Å². The summed E-state index contributed by atoms with van der Waals surface area (Å²) in [5.74, 6) is -0.0958. The Kier molecular flexibility index (Phi) is 4.71. The zero-order valence-electron chi connectivity index (χ0n) is 8.99. The Morgan fingerprint density at radius 1 is 1.73 bits per heavy atom. The predicted octanol–water partition coefficient (Wildman–Crippen LogP) is 1.34. The number of aryl methyl sites for hydroxylation is 1. The van der Waals surface area contributed by atoms with E-state index in [1.54, 1.807) is 5.38 Å². The molecular formula is C10H16N2O2S. The third kappa shape index (κ3) is 3.28. The molecule has 5 heteroatoms. The first-order valence-corrected chi connectivity index (χ1v) is 5.85. The van der Waals surface area contributed by atoms with Gasteiger partial charge in [-0.1, -0.05) is 6.92 Å². The number of aromatic nitrogens is 1. The first-order valence-electron chi connectivity index (χ1n) is 5.01. The van der Waals surface area contributed by atoms with E-state index in [0.29, 0.717) is 12.0 Å². The minimum atomic E-state index is -0.0958. The van der Waals surface area contributed by atoms with Crippen molar-refractivity contribution in [2.45, 2.75) is 32.7 Å². The number of carbonyl (C=O) groups is 1. The zero-order chi connectivity index (χ0) is 11.3. The van der Waals surface area contributed by atoms with Gasteiger partial charge >= 0.3 is 0 Å². The number of nitrogens with one attached hydrogen (secondary N) is 1. The molecular weight excluding hydrogens is 212 g/mol. The van der Waals surface area contributed by atoms with Crippen LogP contribution in [-0.2, 0) is 0 Å². The molecule has 1 aromatic rings. The number of aliphatic hydroxyl groups excluding tert-OH is 1. The van der Waals surface area contributed by atoms with Crippen LogP contribution in [0.15, 0.2) is 5.38 Å². The molecule has 1 heterocycles. The summed E-state index contributed by atoms with van der Waals surface area (Å²) in [5, 5.41) is 13.4. The van der Waals surface area contributed by atoms with Crippen LogP contribution in [0.25, 0.3) is 0 Å². The third-order valence-electron chi connectivity index (χ3n) is 2.30. The molecule has 0 bridgehead atoms. The number of amides is 1. The summed E-state index contributed by atoms with van der Waals surface area (Å²) in [7, 11) is 0. The number of nitrogens with zero attached hydrogens (tertiary/aromatic N) is 1. The highest BCUT2D eigenvalue weighted by atomic mass is 32.1. The highest BCUT2D eigenvalue weighted by Crippen LogP contribution is 2.09. The van der Waals surface area contributed by atoms with Gasteiger partial charge in [-0.05, 0) is 31.3 Å². The molecule has 1 atom stereocenters. The standard InChI is InChI=1S/C10H16N2O2S/c1-3-8(4-5-13)11-10(14)9-6-15-12-7(9)2/h6,8,13H,3-5H2,1-2H3,(H,11,14). The van der Waals surface area contributed by atoms with E-state index in [2.05, 4.69) is 9.69 Å². The van der Waals surface area contributed by atoms with Gasteiger partial charge in [0, 0.05) is 18.0 Å². The Hall–Kier alpha value is -0.940. The summed E-state index contributed by atoms with van der Waals surface area (Å²) in [4.78, 5) is 11.7. The number of aliphatic hydroxyl groups is 1. The van der Waals surface area contributed by atoms with Crippen LogP contribution in [0.5, 0.6) is 0 Å². The summed E-state index contributed by atoms with van der Waals surface area (Å²) < 4.78 is 4.05. The second-order valence-electron chi connectivity index (χ2n) is 3.40.